The minimum absolute atomic E-state index is 0.642. The molecule has 2 aromatic rings. The van der Waals surface area contributed by atoms with Crippen LogP contribution in [0.3, 0.4) is 0 Å². The minimum Gasteiger partial charge on any atom is -0.463 e. The number of aromatic nitrogens is 2. The summed E-state index contributed by atoms with van der Waals surface area (Å²) in [5, 5.41) is 4.44. The molecule has 0 unspecified atom stereocenters. The van der Waals surface area contributed by atoms with Gasteiger partial charge in [-0.25, -0.2) is 0 Å². The van der Waals surface area contributed by atoms with Gasteiger partial charge in [-0.05, 0) is 31.0 Å². The molecule has 0 saturated heterocycles. The van der Waals surface area contributed by atoms with Gasteiger partial charge < -0.3 is 4.42 Å². The number of rotatable bonds is 2. The minimum atomic E-state index is 0.642. The molecule has 1 saturated carbocycles. The predicted octanol–water partition coefficient (Wildman–Crippen LogP) is 4.53. The summed E-state index contributed by atoms with van der Waals surface area (Å²) in [5.41, 5.74) is 0.928. The molecule has 17 heavy (non-hydrogen) atoms. The van der Waals surface area contributed by atoms with E-state index in [4.69, 9.17) is 4.42 Å². The van der Waals surface area contributed by atoms with Gasteiger partial charge in [0.25, 0.3) is 0 Å². The third kappa shape index (κ3) is 3.48. The van der Waals surface area contributed by atoms with Crippen molar-refractivity contribution in [2.75, 3.05) is 0 Å². The van der Waals surface area contributed by atoms with E-state index in [1.165, 1.54) is 12.8 Å². The summed E-state index contributed by atoms with van der Waals surface area (Å²) in [5.74, 6) is 0.847. The molecule has 2 aromatic heterocycles. The van der Waals surface area contributed by atoms with E-state index in [1.807, 2.05) is 56.8 Å². The van der Waals surface area contributed by atoms with Crippen molar-refractivity contribution >= 4 is 0 Å². The first-order valence-electron chi connectivity index (χ1n) is 6.52. The first-order valence-corrected chi connectivity index (χ1v) is 6.52. The largest absolute Gasteiger partial charge is 0.463 e. The van der Waals surface area contributed by atoms with Gasteiger partial charge in [-0.15, -0.1) is 0 Å². The molecule has 1 aliphatic carbocycles. The van der Waals surface area contributed by atoms with E-state index in [0.717, 1.165) is 11.5 Å². The zero-order chi connectivity index (χ0) is 12.7. The number of nitrogens with zero attached hydrogens (tertiary/aromatic N) is 2. The van der Waals surface area contributed by atoms with Crippen molar-refractivity contribution in [3.05, 3.63) is 30.7 Å². The van der Waals surface area contributed by atoms with Crippen LogP contribution in [0.15, 0.2) is 35.1 Å². The van der Waals surface area contributed by atoms with Crippen LogP contribution in [0.4, 0.5) is 0 Å². The Balaban J connectivity index is 0.000000330. The second-order valence-electron chi connectivity index (χ2n) is 3.39. The fraction of sp³-hybridized carbons (Fsp3) is 0.500. The lowest BCUT2D eigenvalue weighted by atomic mass is 10.3. The molecule has 0 atom stereocenters. The second-order valence-corrected chi connectivity index (χ2v) is 3.39. The highest BCUT2D eigenvalue weighted by molar-refractivity contribution is 5.50. The van der Waals surface area contributed by atoms with Gasteiger partial charge in [0.2, 0.25) is 0 Å². The van der Waals surface area contributed by atoms with Crippen LogP contribution in [0.25, 0.3) is 11.5 Å². The summed E-state index contributed by atoms with van der Waals surface area (Å²) in [6.45, 7) is 8.00. The Kier molecular flexibility index (Phi) is 5.53. The number of furan rings is 1. The van der Waals surface area contributed by atoms with Crippen LogP contribution in [-0.2, 0) is 0 Å². The Hall–Kier alpha value is -1.51. The maximum atomic E-state index is 5.26. The Bertz CT molecular complexity index is 400. The summed E-state index contributed by atoms with van der Waals surface area (Å²) in [7, 11) is 0. The molecule has 0 N–H and O–H groups in total. The van der Waals surface area contributed by atoms with E-state index in [2.05, 4.69) is 5.10 Å². The summed E-state index contributed by atoms with van der Waals surface area (Å²) in [6.07, 6.45) is 6.22. The zero-order valence-corrected chi connectivity index (χ0v) is 11.2. The van der Waals surface area contributed by atoms with Crippen LogP contribution in [0.2, 0.25) is 0 Å². The highest BCUT2D eigenvalue weighted by Crippen LogP contribution is 2.34. The van der Waals surface area contributed by atoms with Crippen molar-refractivity contribution < 1.29 is 4.42 Å². The first-order chi connectivity index (χ1) is 8.43. The normalized spacial score (nSPS) is 13.2. The van der Waals surface area contributed by atoms with Gasteiger partial charge in [0.05, 0.1) is 12.3 Å². The molecule has 3 nitrogen and oxygen atoms in total. The average molecular weight is 234 g/mol. The van der Waals surface area contributed by atoms with Crippen LogP contribution >= 0.6 is 0 Å². The SMILES string of the molecule is CC.CC.c1coc(-c2ccn(C3CC3)n2)c1. The van der Waals surface area contributed by atoms with Gasteiger partial charge in [-0.3, -0.25) is 4.68 Å². The average Bonchev–Trinajstić information content (AvgIpc) is 2.93. The fourth-order valence-electron chi connectivity index (χ4n) is 1.44. The third-order valence-corrected chi connectivity index (χ3v) is 2.30. The molecule has 0 spiro atoms. The number of hydrogen-bond acceptors (Lipinski definition) is 2. The molecule has 1 fully saturated rings. The molecule has 0 bridgehead atoms. The van der Waals surface area contributed by atoms with Gasteiger partial charge in [0, 0.05) is 6.20 Å². The van der Waals surface area contributed by atoms with E-state index in [1.54, 1.807) is 6.26 Å². The topological polar surface area (TPSA) is 31.0 Å². The lowest BCUT2D eigenvalue weighted by Crippen LogP contribution is -1.93. The number of hydrogen-bond donors (Lipinski definition) is 0. The molecule has 3 heteroatoms. The van der Waals surface area contributed by atoms with Crippen LogP contribution in [-0.4, -0.2) is 9.78 Å². The molecule has 0 amide bonds. The van der Waals surface area contributed by atoms with Crippen molar-refractivity contribution in [3.63, 3.8) is 0 Å². The van der Waals surface area contributed by atoms with Gasteiger partial charge in [-0.1, -0.05) is 27.7 Å². The highest BCUT2D eigenvalue weighted by atomic mass is 16.3. The lowest BCUT2D eigenvalue weighted by Gasteiger charge is -1.93. The van der Waals surface area contributed by atoms with E-state index in [0.29, 0.717) is 6.04 Å². The second kappa shape index (κ2) is 6.94. The van der Waals surface area contributed by atoms with Crippen LogP contribution in [0.5, 0.6) is 0 Å². The van der Waals surface area contributed by atoms with Crippen LogP contribution in [0.1, 0.15) is 46.6 Å². The smallest absolute Gasteiger partial charge is 0.154 e. The van der Waals surface area contributed by atoms with Crippen LogP contribution < -0.4 is 0 Å². The summed E-state index contributed by atoms with van der Waals surface area (Å²) >= 11 is 0. The lowest BCUT2D eigenvalue weighted by molar-refractivity contribution is 0.574. The fourth-order valence-corrected chi connectivity index (χ4v) is 1.44. The Morgan fingerprint density at radius 1 is 1.18 bits per heavy atom. The van der Waals surface area contributed by atoms with Gasteiger partial charge in [0.1, 0.15) is 5.69 Å². The van der Waals surface area contributed by atoms with Crippen LogP contribution in [0, 0.1) is 0 Å². The standard InChI is InChI=1S/C10H10N2O.2C2H6/c1-2-10(13-7-1)9-5-6-12(11-9)8-3-4-8;2*1-2/h1-2,5-8H,3-4H2;2*1-2H3. The molecular formula is C14H22N2O. The first kappa shape index (κ1) is 13.6. The molecule has 0 aromatic carbocycles. The molecule has 1 aliphatic rings. The molecule has 2 heterocycles. The molecule has 0 aliphatic heterocycles. The summed E-state index contributed by atoms with van der Waals surface area (Å²) in [6, 6.07) is 6.45. The van der Waals surface area contributed by atoms with E-state index < -0.39 is 0 Å². The Labute approximate surface area is 103 Å². The van der Waals surface area contributed by atoms with Crippen molar-refractivity contribution in [2.24, 2.45) is 0 Å². The van der Waals surface area contributed by atoms with E-state index >= 15 is 0 Å². The third-order valence-electron chi connectivity index (χ3n) is 2.30. The Morgan fingerprint density at radius 3 is 2.41 bits per heavy atom. The highest BCUT2D eigenvalue weighted by Gasteiger charge is 2.24. The van der Waals surface area contributed by atoms with Gasteiger partial charge in [-0.2, -0.15) is 5.10 Å². The molecule has 3 rings (SSSR count). The molecular weight excluding hydrogens is 212 g/mol. The van der Waals surface area contributed by atoms with Crippen molar-refractivity contribution in [2.45, 2.75) is 46.6 Å². The monoisotopic (exact) mass is 234 g/mol. The quantitative estimate of drug-likeness (QED) is 0.764. The van der Waals surface area contributed by atoms with Crippen molar-refractivity contribution in [1.82, 2.24) is 9.78 Å². The summed E-state index contributed by atoms with van der Waals surface area (Å²) < 4.78 is 7.28. The van der Waals surface area contributed by atoms with Crippen molar-refractivity contribution in [3.8, 4) is 11.5 Å². The van der Waals surface area contributed by atoms with E-state index in [-0.39, 0.29) is 0 Å². The predicted molar refractivity (Wildman–Crippen MR) is 70.9 cm³/mol. The maximum Gasteiger partial charge on any atom is 0.154 e. The zero-order valence-electron chi connectivity index (χ0n) is 11.2. The van der Waals surface area contributed by atoms with E-state index in [9.17, 15) is 0 Å². The Morgan fingerprint density at radius 2 is 1.88 bits per heavy atom. The maximum absolute atomic E-state index is 5.26. The van der Waals surface area contributed by atoms with Crippen molar-refractivity contribution in [1.29, 1.82) is 0 Å². The van der Waals surface area contributed by atoms with Gasteiger partial charge >= 0.3 is 0 Å². The van der Waals surface area contributed by atoms with Gasteiger partial charge in [0.15, 0.2) is 5.76 Å². The molecule has 0 radical (unpaired) electrons. The summed E-state index contributed by atoms with van der Waals surface area (Å²) in [4.78, 5) is 0. The molecule has 94 valence electrons.